The molecule has 3 heteroatoms. The molecule has 2 unspecified atom stereocenters. The van der Waals surface area contributed by atoms with Gasteiger partial charge >= 0.3 is 0 Å². The van der Waals surface area contributed by atoms with E-state index in [0.29, 0.717) is 12.1 Å². The van der Waals surface area contributed by atoms with Crippen LogP contribution in [0.5, 0.6) is 0 Å². The topological polar surface area (TPSA) is 38.5 Å². The van der Waals surface area contributed by atoms with Gasteiger partial charge in [0.15, 0.2) is 0 Å². The van der Waals surface area contributed by atoms with E-state index in [4.69, 9.17) is 10.5 Å². The minimum Gasteiger partial charge on any atom is -0.385 e. The molecule has 1 aliphatic heterocycles. The highest BCUT2D eigenvalue weighted by atomic mass is 16.5. The quantitative estimate of drug-likeness (QED) is 0.707. The van der Waals surface area contributed by atoms with Gasteiger partial charge < -0.3 is 10.5 Å². The molecule has 1 saturated heterocycles. The highest BCUT2D eigenvalue weighted by molar-refractivity contribution is 4.78. The molecule has 0 radical (unpaired) electrons. The summed E-state index contributed by atoms with van der Waals surface area (Å²) in [6, 6.07) is 1.00. The first kappa shape index (κ1) is 11.0. The predicted octanol–water partition coefficient (Wildman–Crippen LogP) is 0.835. The second-order valence-electron chi connectivity index (χ2n) is 4.03. The van der Waals surface area contributed by atoms with Crippen molar-refractivity contribution >= 4 is 0 Å². The van der Waals surface area contributed by atoms with Crippen LogP contribution in [-0.4, -0.2) is 43.8 Å². The van der Waals surface area contributed by atoms with E-state index in [-0.39, 0.29) is 0 Å². The Hall–Kier alpha value is -0.120. The molecule has 1 heterocycles. The Bertz CT molecular complexity index is 141. The first-order valence-electron chi connectivity index (χ1n) is 5.22. The smallest absolute Gasteiger partial charge is 0.0477 e. The van der Waals surface area contributed by atoms with Crippen molar-refractivity contribution in [3.05, 3.63) is 0 Å². The zero-order valence-corrected chi connectivity index (χ0v) is 8.83. The molecule has 78 valence electrons. The highest BCUT2D eigenvalue weighted by Gasteiger charge is 2.20. The van der Waals surface area contributed by atoms with Crippen LogP contribution in [0.15, 0.2) is 0 Å². The van der Waals surface area contributed by atoms with Crippen molar-refractivity contribution in [1.29, 1.82) is 0 Å². The lowest BCUT2D eigenvalue weighted by Crippen LogP contribution is -2.47. The van der Waals surface area contributed by atoms with E-state index < -0.39 is 0 Å². The van der Waals surface area contributed by atoms with Gasteiger partial charge in [-0.05, 0) is 32.7 Å². The average Bonchev–Trinajstić information content (AvgIpc) is 2.14. The maximum Gasteiger partial charge on any atom is 0.0477 e. The number of methoxy groups -OCH3 is 1. The Morgan fingerprint density at radius 3 is 3.00 bits per heavy atom. The zero-order chi connectivity index (χ0) is 9.68. The standard InChI is InChI=1S/C10H22N2O/c1-9(5-7-13-2)12-6-3-4-10(11)8-12/h9-10H,3-8,11H2,1-2H3. The van der Waals surface area contributed by atoms with Crippen molar-refractivity contribution in [2.24, 2.45) is 5.73 Å². The van der Waals surface area contributed by atoms with E-state index >= 15 is 0 Å². The van der Waals surface area contributed by atoms with Gasteiger partial charge in [-0.25, -0.2) is 0 Å². The van der Waals surface area contributed by atoms with E-state index in [1.165, 1.54) is 19.4 Å². The van der Waals surface area contributed by atoms with E-state index in [2.05, 4.69) is 11.8 Å². The van der Waals surface area contributed by atoms with Crippen LogP contribution in [0.25, 0.3) is 0 Å². The van der Waals surface area contributed by atoms with Crippen LogP contribution in [0.1, 0.15) is 26.2 Å². The fourth-order valence-corrected chi connectivity index (χ4v) is 1.91. The van der Waals surface area contributed by atoms with Gasteiger partial charge in [0.25, 0.3) is 0 Å². The molecule has 0 saturated carbocycles. The SMILES string of the molecule is COCCC(C)N1CCCC(N)C1. The van der Waals surface area contributed by atoms with Crippen molar-refractivity contribution in [2.45, 2.75) is 38.3 Å². The van der Waals surface area contributed by atoms with Gasteiger partial charge in [0.2, 0.25) is 0 Å². The molecule has 0 aromatic rings. The number of nitrogens with zero attached hydrogens (tertiary/aromatic N) is 1. The molecule has 0 bridgehead atoms. The second kappa shape index (κ2) is 5.58. The average molecular weight is 186 g/mol. The lowest BCUT2D eigenvalue weighted by molar-refractivity contribution is 0.116. The van der Waals surface area contributed by atoms with E-state index in [0.717, 1.165) is 19.6 Å². The number of rotatable bonds is 4. The fourth-order valence-electron chi connectivity index (χ4n) is 1.91. The van der Waals surface area contributed by atoms with E-state index in [1.54, 1.807) is 7.11 Å². The monoisotopic (exact) mass is 186 g/mol. The molecule has 1 rings (SSSR count). The van der Waals surface area contributed by atoms with E-state index in [1.807, 2.05) is 0 Å². The van der Waals surface area contributed by atoms with Crippen molar-refractivity contribution < 1.29 is 4.74 Å². The molecule has 2 atom stereocenters. The summed E-state index contributed by atoms with van der Waals surface area (Å²) in [5.74, 6) is 0. The number of likely N-dealkylation sites (tertiary alicyclic amines) is 1. The van der Waals surface area contributed by atoms with Crippen LogP contribution in [0, 0.1) is 0 Å². The Morgan fingerprint density at radius 2 is 2.38 bits per heavy atom. The number of nitrogens with two attached hydrogens (primary N) is 1. The van der Waals surface area contributed by atoms with Crippen LogP contribution in [0.4, 0.5) is 0 Å². The van der Waals surface area contributed by atoms with Crippen LogP contribution in [-0.2, 0) is 4.74 Å². The Balaban J connectivity index is 2.24. The number of hydrogen-bond donors (Lipinski definition) is 1. The maximum absolute atomic E-state index is 5.92. The third kappa shape index (κ3) is 3.63. The number of hydrogen-bond acceptors (Lipinski definition) is 3. The summed E-state index contributed by atoms with van der Waals surface area (Å²) >= 11 is 0. The summed E-state index contributed by atoms with van der Waals surface area (Å²) in [7, 11) is 1.76. The molecule has 0 aromatic carbocycles. The van der Waals surface area contributed by atoms with E-state index in [9.17, 15) is 0 Å². The second-order valence-corrected chi connectivity index (χ2v) is 4.03. The maximum atomic E-state index is 5.92. The molecule has 0 spiro atoms. The molecule has 13 heavy (non-hydrogen) atoms. The predicted molar refractivity (Wildman–Crippen MR) is 54.7 cm³/mol. The summed E-state index contributed by atoms with van der Waals surface area (Å²) in [6.45, 7) is 5.38. The molecule has 0 aromatic heterocycles. The lowest BCUT2D eigenvalue weighted by Gasteiger charge is -2.35. The van der Waals surface area contributed by atoms with Gasteiger partial charge in [-0.15, -0.1) is 0 Å². The first-order valence-corrected chi connectivity index (χ1v) is 5.22. The van der Waals surface area contributed by atoms with Gasteiger partial charge in [-0.3, -0.25) is 4.90 Å². The third-order valence-electron chi connectivity index (χ3n) is 2.85. The van der Waals surface area contributed by atoms with Crippen molar-refractivity contribution in [1.82, 2.24) is 4.90 Å². The van der Waals surface area contributed by atoms with Crippen LogP contribution < -0.4 is 5.73 Å². The molecular weight excluding hydrogens is 164 g/mol. The van der Waals surface area contributed by atoms with Crippen molar-refractivity contribution in [3.8, 4) is 0 Å². The van der Waals surface area contributed by atoms with Gasteiger partial charge in [-0.2, -0.15) is 0 Å². The lowest BCUT2D eigenvalue weighted by atomic mass is 10.0. The van der Waals surface area contributed by atoms with Gasteiger partial charge in [0.1, 0.15) is 0 Å². The number of piperidine rings is 1. The number of ether oxygens (including phenoxy) is 1. The third-order valence-corrected chi connectivity index (χ3v) is 2.85. The van der Waals surface area contributed by atoms with Gasteiger partial charge in [0.05, 0.1) is 0 Å². The minimum absolute atomic E-state index is 0.388. The zero-order valence-electron chi connectivity index (χ0n) is 8.83. The van der Waals surface area contributed by atoms with Gasteiger partial charge in [0, 0.05) is 32.3 Å². The molecule has 0 amide bonds. The highest BCUT2D eigenvalue weighted by Crippen LogP contribution is 2.13. The minimum atomic E-state index is 0.388. The summed E-state index contributed by atoms with van der Waals surface area (Å²) < 4.78 is 5.07. The van der Waals surface area contributed by atoms with Crippen LogP contribution in [0.2, 0.25) is 0 Å². The van der Waals surface area contributed by atoms with Crippen LogP contribution >= 0.6 is 0 Å². The molecule has 1 aliphatic rings. The normalized spacial score (nSPS) is 27.5. The molecular formula is C10H22N2O. The van der Waals surface area contributed by atoms with Crippen molar-refractivity contribution in [2.75, 3.05) is 26.8 Å². The largest absolute Gasteiger partial charge is 0.385 e. The fraction of sp³-hybridized carbons (Fsp3) is 1.00. The van der Waals surface area contributed by atoms with Gasteiger partial charge in [-0.1, -0.05) is 0 Å². The molecule has 3 nitrogen and oxygen atoms in total. The van der Waals surface area contributed by atoms with Crippen molar-refractivity contribution in [3.63, 3.8) is 0 Å². The molecule has 0 aliphatic carbocycles. The summed E-state index contributed by atoms with van der Waals surface area (Å²) in [6.07, 6.45) is 3.55. The Kier molecular flexibility index (Phi) is 4.70. The summed E-state index contributed by atoms with van der Waals surface area (Å²) in [5.41, 5.74) is 5.92. The van der Waals surface area contributed by atoms with Crippen LogP contribution in [0.3, 0.4) is 0 Å². The first-order chi connectivity index (χ1) is 6.24. The molecule has 2 N–H and O–H groups in total. The summed E-state index contributed by atoms with van der Waals surface area (Å²) in [4.78, 5) is 2.48. The Labute approximate surface area is 81.2 Å². The summed E-state index contributed by atoms with van der Waals surface area (Å²) in [5, 5.41) is 0. The Morgan fingerprint density at radius 1 is 1.62 bits per heavy atom. The molecule has 1 fully saturated rings.